The highest BCUT2D eigenvalue weighted by Gasteiger charge is 2.63. The van der Waals surface area contributed by atoms with Crippen molar-refractivity contribution >= 4 is 21.4 Å². The zero-order valence-corrected chi connectivity index (χ0v) is 20.7. The van der Waals surface area contributed by atoms with Crippen LogP contribution in [0.25, 0.3) is 11.1 Å². The van der Waals surface area contributed by atoms with Crippen LogP contribution in [0.15, 0.2) is 76.7 Å². The van der Waals surface area contributed by atoms with Crippen molar-refractivity contribution in [1.82, 2.24) is 4.31 Å². The van der Waals surface area contributed by atoms with Gasteiger partial charge in [-0.05, 0) is 47.0 Å². The van der Waals surface area contributed by atoms with Gasteiger partial charge in [-0.3, -0.25) is 5.01 Å². The van der Waals surface area contributed by atoms with Crippen LogP contribution < -0.4 is 5.01 Å². The number of halogens is 7. The van der Waals surface area contributed by atoms with Crippen LogP contribution in [0.1, 0.15) is 18.0 Å². The Balaban J connectivity index is 1.80. The van der Waals surface area contributed by atoms with Gasteiger partial charge in [0.1, 0.15) is 11.5 Å². The van der Waals surface area contributed by atoms with Crippen molar-refractivity contribution in [3.05, 3.63) is 83.9 Å². The van der Waals surface area contributed by atoms with Gasteiger partial charge < -0.3 is 0 Å². The van der Waals surface area contributed by atoms with Gasteiger partial charge in [0.15, 0.2) is 5.82 Å². The van der Waals surface area contributed by atoms with Crippen molar-refractivity contribution in [3.8, 4) is 11.1 Å². The smallest absolute Gasteiger partial charge is 0.255 e. The lowest BCUT2D eigenvalue weighted by molar-refractivity contribution is -0.249. The summed E-state index contributed by atoms with van der Waals surface area (Å²) in [4.78, 5) is -0.0169. The predicted octanol–water partition coefficient (Wildman–Crippen LogP) is 6.39. The van der Waals surface area contributed by atoms with Gasteiger partial charge in [-0.25, -0.2) is 21.5 Å². The Morgan fingerprint density at radius 3 is 2.13 bits per heavy atom. The van der Waals surface area contributed by atoms with Gasteiger partial charge >= 0.3 is 12.1 Å². The Kier molecular flexibility index (Phi) is 7.04. The summed E-state index contributed by atoms with van der Waals surface area (Å²) in [6.07, 6.45) is -6.84. The largest absolute Gasteiger partial charge is 0.459 e. The molecule has 5 nitrogen and oxygen atoms in total. The maximum absolute atomic E-state index is 14.6. The molecule has 0 spiro atoms. The molecule has 0 fully saturated rings. The minimum absolute atomic E-state index is 0.0169. The molecule has 0 saturated carbocycles. The summed E-state index contributed by atoms with van der Waals surface area (Å²) < 4.78 is 122. The number of hydrogen-bond acceptors (Lipinski definition) is 4. The Bertz CT molecular complexity index is 1500. The van der Waals surface area contributed by atoms with Gasteiger partial charge in [-0.1, -0.05) is 30.3 Å². The van der Waals surface area contributed by atoms with Crippen molar-refractivity contribution in [2.24, 2.45) is 5.10 Å². The molecular weight excluding hydrogens is 539 g/mol. The Morgan fingerprint density at radius 2 is 1.53 bits per heavy atom. The van der Waals surface area contributed by atoms with Crippen molar-refractivity contribution < 1.29 is 39.2 Å². The summed E-state index contributed by atoms with van der Waals surface area (Å²) in [6, 6.07) is 12.8. The fraction of sp³-hybridized carbons (Fsp3) is 0.240. The molecule has 0 bridgehead atoms. The van der Waals surface area contributed by atoms with Crippen LogP contribution in [0.2, 0.25) is 0 Å². The Morgan fingerprint density at radius 1 is 0.895 bits per heavy atom. The third-order valence-electron chi connectivity index (χ3n) is 6.00. The molecule has 1 unspecified atom stereocenters. The molecule has 0 aromatic heterocycles. The van der Waals surface area contributed by atoms with Crippen LogP contribution in [-0.2, 0) is 10.0 Å². The van der Waals surface area contributed by atoms with E-state index in [-0.39, 0.29) is 10.5 Å². The molecule has 0 aliphatic carbocycles. The topological polar surface area (TPSA) is 53.0 Å². The maximum Gasteiger partial charge on any atom is 0.459 e. The van der Waals surface area contributed by atoms with Crippen LogP contribution in [0, 0.1) is 11.6 Å². The second-order valence-corrected chi connectivity index (χ2v) is 10.9. The SMILES string of the molecule is CN(C)S(=O)(=O)c1cccc(-c2cccc(C3CC(C(F)(F)C(F)(F)F)=NN3c3ccc(F)cc3F)c2)c1. The lowest BCUT2D eigenvalue weighted by atomic mass is 9.95. The van der Waals surface area contributed by atoms with E-state index in [9.17, 15) is 39.2 Å². The molecule has 3 aromatic carbocycles. The zero-order valence-electron chi connectivity index (χ0n) is 19.8. The molecule has 0 N–H and O–H groups in total. The summed E-state index contributed by atoms with van der Waals surface area (Å²) in [7, 11) is -1.06. The minimum atomic E-state index is -5.94. The number of alkyl halides is 5. The third kappa shape index (κ3) is 4.99. The second kappa shape index (κ2) is 9.70. The van der Waals surface area contributed by atoms with Gasteiger partial charge in [0, 0.05) is 26.6 Å². The number of nitrogens with zero attached hydrogens (tertiary/aromatic N) is 3. The van der Waals surface area contributed by atoms with Crippen LogP contribution in [0.3, 0.4) is 0 Å². The van der Waals surface area contributed by atoms with Gasteiger partial charge in [-0.15, -0.1) is 0 Å². The highest BCUT2D eigenvalue weighted by atomic mass is 32.2. The number of hydrogen-bond donors (Lipinski definition) is 0. The van der Waals surface area contributed by atoms with E-state index >= 15 is 0 Å². The van der Waals surface area contributed by atoms with E-state index in [0.29, 0.717) is 22.2 Å². The van der Waals surface area contributed by atoms with Crippen LogP contribution in [0.5, 0.6) is 0 Å². The van der Waals surface area contributed by atoms with Crippen LogP contribution in [-0.4, -0.2) is 44.6 Å². The zero-order chi connectivity index (χ0) is 28.0. The number of anilines is 1. The summed E-state index contributed by atoms with van der Waals surface area (Å²) >= 11 is 0. The minimum Gasteiger partial charge on any atom is -0.255 e. The molecule has 38 heavy (non-hydrogen) atoms. The molecule has 0 radical (unpaired) electrons. The highest BCUT2D eigenvalue weighted by Crippen LogP contribution is 2.45. The average molecular weight is 560 g/mol. The second-order valence-electron chi connectivity index (χ2n) is 8.72. The van der Waals surface area contributed by atoms with Crippen LogP contribution in [0.4, 0.5) is 36.4 Å². The molecule has 13 heteroatoms. The molecule has 0 saturated heterocycles. The first-order chi connectivity index (χ1) is 17.6. The molecule has 1 atom stereocenters. The van der Waals surface area contributed by atoms with E-state index in [2.05, 4.69) is 5.10 Å². The highest BCUT2D eigenvalue weighted by molar-refractivity contribution is 7.89. The predicted molar refractivity (Wildman–Crippen MR) is 127 cm³/mol. The van der Waals surface area contributed by atoms with Gasteiger partial charge in [-0.2, -0.15) is 27.1 Å². The molecule has 1 heterocycles. The van der Waals surface area contributed by atoms with Crippen molar-refractivity contribution in [2.75, 3.05) is 19.1 Å². The molecule has 4 rings (SSSR count). The van der Waals surface area contributed by atoms with E-state index in [0.717, 1.165) is 16.4 Å². The first kappa shape index (κ1) is 27.6. The normalized spacial score (nSPS) is 16.7. The number of sulfonamides is 1. The summed E-state index contributed by atoms with van der Waals surface area (Å²) in [5.74, 6) is -7.46. The Labute approximate surface area is 213 Å². The van der Waals surface area contributed by atoms with Crippen LogP contribution >= 0.6 is 0 Å². The van der Waals surface area contributed by atoms with E-state index in [1.807, 2.05) is 0 Å². The standard InChI is InChI=1S/C25H20F7N3O2S/c1-34(2)38(36,37)19-8-4-6-16(12-19)15-5-3-7-17(11-15)22-14-23(24(28,29)25(30,31)32)33-35(22)21-10-9-18(26)13-20(21)27/h3-13,22H,14H2,1-2H3. The Hall–Kier alpha value is -3.45. The lowest BCUT2D eigenvalue weighted by Gasteiger charge is -2.25. The van der Waals surface area contributed by atoms with E-state index in [1.165, 1.54) is 50.5 Å². The summed E-state index contributed by atoms with van der Waals surface area (Å²) in [6.45, 7) is 0. The van der Waals surface area contributed by atoms with E-state index in [4.69, 9.17) is 0 Å². The van der Waals surface area contributed by atoms with E-state index in [1.54, 1.807) is 12.1 Å². The van der Waals surface area contributed by atoms with Gasteiger partial charge in [0.05, 0.1) is 16.6 Å². The average Bonchev–Trinajstić information content (AvgIpc) is 3.29. The quantitative estimate of drug-likeness (QED) is 0.329. The van der Waals surface area contributed by atoms with Crippen molar-refractivity contribution in [3.63, 3.8) is 0 Å². The lowest BCUT2D eigenvalue weighted by Crippen LogP contribution is -2.43. The molecule has 1 aliphatic heterocycles. The van der Waals surface area contributed by atoms with Gasteiger partial charge in [0.25, 0.3) is 0 Å². The molecular formula is C25H20F7N3O2S. The molecule has 1 aliphatic rings. The summed E-state index contributed by atoms with van der Waals surface area (Å²) in [5.41, 5.74) is -0.969. The first-order valence-electron chi connectivity index (χ1n) is 11.0. The molecule has 3 aromatic rings. The number of hydrazone groups is 1. The maximum atomic E-state index is 14.6. The first-order valence-corrected chi connectivity index (χ1v) is 12.5. The van der Waals surface area contributed by atoms with Gasteiger partial charge in [0.2, 0.25) is 10.0 Å². The number of rotatable bonds is 6. The fourth-order valence-corrected chi connectivity index (χ4v) is 4.93. The van der Waals surface area contributed by atoms with Crippen molar-refractivity contribution in [2.45, 2.75) is 29.5 Å². The third-order valence-corrected chi connectivity index (χ3v) is 7.81. The fourth-order valence-electron chi connectivity index (χ4n) is 3.99. The number of benzene rings is 3. The molecule has 0 amide bonds. The molecule has 202 valence electrons. The summed E-state index contributed by atoms with van der Waals surface area (Å²) in [5, 5.41) is 4.12. The van der Waals surface area contributed by atoms with E-state index < -0.39 is 57.6 Å². The monoisotopic (exact) mass is 559 g/mol. The van der Waals surface area contributed by atoms with Crippen molar-refractivity contribution in [1.29, 1.82) is 0 Å².